The van der Waals surface area contributed by atoms with Gasteiger partial charge in [0.2, 0.25) is 0 Å². The predicted molar refractivity (Wildman–Crippen MR) is 74.7 cm³/mol. The van der Waals surface area contributed by atoms with Gasteiger partial charge in [-0.3, -0.25) is 4.90 Å². The lowest BCUT2D eigenvalue weighted by molar-refractivity contribution is 0.0270. The zero-order valence-electron chi connectivity index (χ0n) is 10.6. The van der Waals surface area contributed by atoms with Crippen molar-refractivity contribution in [3.8, 4) is 0 Å². The highest BCUT2D eigenvalue weighted by Gasteiger charge is 2.18. The van der Waals surface area contributed by atoms with Crippen molar-refractivity contribution in [2.75, 3.05) is 19.6 Å². The summed E-state index contributed by atoms with van der Waals surface area (Å²) in [6, 6.07) is 7.34. The molecule has 0 amide bonds. The van der Waals surface area contributed by atoms with Gasteiger partial charge in [0.15, 0.2) is 0 Å². The predicted octanol–water partition coefficient (Wildman–Crippen LogP) is 3.09. The number of halogens is 1. The highest BCUT2D eigenvalue weighted by molar-refractivity contribution is 9.10. The first kappa shape index (κ1) is 13.6. The van der Waals surface area contributed by atoms with Crippen molar-refractivity contribution < 1.29 is 9.53 Å². The van der Waals surface area contributed by atoms with Crippen molar-refractivity contribution in [2.45, 2.75) is 25.9 Å². The number of ether oxygens (including phenoxy) is 1. The first-order chi connectivity index (χ1) is 8.66. The molecule has 4 heteroatoms. The number of benzene rings is 1. The van der Waals surface area contributed by atoms with E-state index in [1.54, 1.807) is 6.07 Å². The second-order valence-corrected chi connectivity index (χ2v) is 5.56. The van der Waals surface area contributed by atoms with E-state index in [0.29, 0.717) is 5.56 Å². The zero-order chi connectivity index (χ0) is 13.0. The number of nitrogens with zero attached hydrogens (tertiary/aromatic N) is 1. The molecule has 0 aromatic heterocycles. The molecular weight excluding hydrogens is 294 g/mol. The number of esters is 1. The maximum atomic E-state index is 12.0. The Morgan fingerprint density at radius 2 is 2.06 bits per heavy atom. The Bertz CT molecular complexity index is 416. The fourth-order valence-corrected chi connectivity index (χ4v) is 2.69. The van der Waals surface area contributed by atoms with Gasteiger partial charge >= 0.3 is 5.97 Å². The molecule has 0 saturated carbocycles. The van der Waals surface area contributed by atoms with Crippen LogP contribution in [0.4, 0.5) is 0 Å². The summed E-state index contributed by atoms with van der Waals surface area (Å²) in [7, 11) is 0. The molecule has 1 heterocycles. The minimum absolute atomic E-state index is 0.0669. The molecule has 0 radical (unpaired) electrons. The van der Waals surface area contributed by atoms with Gasteiger partial charge in [-0.05, 0) is 60.9 Å². The molecule has 1 atom stereocenters. The molecule has 0 unspecified atom stereocenters. The lowest BCUT2D eigenvalue weighted by atomic mass is 10.2. The van der Waals surface area contributed by atoms with Crippen LogP contribution in [-0.2, 0) is 4.74 Å². The lowest BCUT2D eigenvalue weighted by Crippen LogP contribution is -2.31. The van der Waals surface area contributed by atoms with E-state index in [2.05, 4.69) is 20.8 Å². The van der Waals surface area contributed by atoms with Crippen molar-refractivity contribution >= 4 is 21.9 Å². The number of carbonyl (C=O) groups excluding carboxylic acids is 1. The maximum absolute atomic E-state index is 12.0. The summed E-state index contributed by atoms with van der Waals surface area (Å²) in [5.41, 5.74) is 0.589. The van der Waals surface area contributed by atoms with E-state index < -0.39 is 0 Å². The Kier molecular flexibility index (Phi) is 4.78. The molecule has 1 aliphatic rings. The second kappa shape index (κ2) is 6.34. The smallest absolute Gasteiger partial charge is 0.339 e. The fraction of sp³-hybridized carbons (Fsp3) is 0.500. The summed E-state index contributed by atoms with van der Waals surface area (Å²) >= 11 is 3.36. The van der Waals surface area contributed by atoms with Crippen LogP contribution >= 0.6 is 15.9 Å². The average Bonchev–Trinajstić information content (AvgIpc) is 2.82. The monoisotopic (exact) mass is 311 g/mol. The number of rotatable bonds is 4. The SMILES string of the molecule is C[C@@H](CN1CCCC1)OC(=O)c1ccccc1Br. The minimum atomic E-state index is -0.255. The summed E-state index contributed by atoms with van der Waals surface area (Å²) in [5, 5.41) is 0. The number of hydrogen-bond acceptors (Lipinski definition) is 3. The molecule has 2 rings (SSSR count). The molecular formula is C14H18BrNO2. The van der Waals surface area contributed by atoms with Crippen molar-refractivity contribution in [1.82, 2.24) is 4.90 Å². The van der Waals surface area contributed by atoms with Gasteiger partial charge in [0.1, 0.15) is 6.10 Å². The lowest BCUT2D eigenvalue weighted by Gasteiger charge is -2.20. The van der Waals surface area contributed by atoms with Crippen LogP contribution in [0.5, 0.6) is 0 Å². The van der Waals surface area contributed by atoms with Crippen molar-refractivity contribution in [2.24, 2.45) is 0 Å². The van der Waals surface area contributed by atoms with Gasteiger partial charge in [-0.25, -0.2) is 4.79 Å². The maximum Gasteiger partial charge on any atom is 0.339 e. The number of hydrogen-bond donors (Lipinski definition) is 0. The quantitative estimate of drug-likeness (QED) is 0.800. The summed E-state index contributed by atoms with van der Waals surface area (Å²) in [5.74, 6) is -0.255. The average molecular weight is 312 g/mol. The van der Waals surface area contributed by atoms with E-state index in [1.165, 1.54) is 12.8 Å². The molecule has 0 aliphatic carbocycles. The van der Waals surface area contributed by atoms with Crippen LogP contribution in [0.2, 0.25) is 0 Å². The van der Waals surface area contributed by atoms with E-state index in [4.69, 9.17) is 4.74 Å². The van der Waals surface area contributed by atoms with Gasteiger partial charge in [0.05, 0.1) is 5.56 Å². The first-order valence-corrected chi connectivity index (χ1v) is 7.14. The van der Waals surface area contributed by atoms with Crippen LogP contribution in [-0.4, -0.2) is 36.6 Å². The second-order valence-electron chi connectivity index (χ2n) is 4.70. The third-order valence-electron chi connectivity index (χ3n) is 3.12. The molecule has 0 spiro atoms. The van der Waals surface area contributed by atoms with Gasteiger partial charge < -0.3 is 4.74 Å². The van der Waals surface area contributed by atoms with Gasteiger partial charge in [-0.1, -0.05) is 12.1 Å². The molecule has 0 N–H and O–H groups in total. The summed E-state index contributed by atoms with van der Waals surface area (Å²) in [6.45, 7) is 5.02. The van der Waals surface area contributed by atoms with Gasteiger partial charge in [0.25, 0.3) is 0 Å². The Morgan fingerprint density at radius 1 is 1.39 bits per heavy atom. The summed E-state index contributed by atoms with van der Waals surface area (Å²) in [6.07, 6.45) is 2.44. The summed E-state index contributed by atoms with van der Waals surface area (Å²) in [4.78, 5) is 14.3. The van der Waals surface area contributed by atoms with Gasteiger partial charge in [-0.15, -0.1) is 0 Å². The molecule has 0 bridgehead atoms. The highest BCUT2D eigenvalue weighted by atomic mass is 79.9. The van der Waals surface area contributed by atoms with E-state index in [-0.39, 0.29) is 12.1 Å². The van der Waals surface area contributed by atoms with Crippen molar-refractivity contribution in [3.63, 3.8) is 0 Å². The molecule has 18 heavy (non-hydrogen) atoms. The van der Waals surface area contributed by atoms with Crippen LogP contribution in [0.1, 0.15) is 30.1 Å². The Balaban J connectivity index is 1.88. The van der Waals surface area contributed by atoms with E-state index in [1.807, 2.05) is 25.1 Å². The van der Waals surface area contributed by atoms with Crippen LogP contribution in [0.3, 0.4) is 0 Å². The Hall–Kier alpha value is -0.870. The molecule has 98 valence electrons. The molecule has 1 fully saturated rings. The minimum Gasteiger partial charge on any atom is -0.458 e. The highest BCUT2D eigenvalue weighted by Crippen LogP contribution is 2.18. The normalized spacial score (nSPS) is 17.7. The van der Waals surface area contributed by atoms with Crippen molar-refractivity contribution in [3.05, 3.63) is 34.3 Å². The van der Waals surface area contributed by atoms with E-state index >= 15 is 0 Å². The zero-order valence-corrected chi connectivity index (χ0v) is 12.1. The Morgan fingerprint density at radius 3 is 2.72 bits per heavy atom. The van der Waals surface area contributed by atoms with Crippen LogP contribution in [0.15, 0.2) is 28.7 Å². The number of likely N-dealkylation sites (tertiary alicyclic amines) is 1. The largest absolute Gasteiger partial charge is 0.458 e. The van der Waals surface area contributed by atoms with E-state index in [0.717, 1.165) is 24.1 Å². The number of carbonyl (C=O) groups is 1. The fourth-order valence-electron chi connectivity index (χ4n) is 2.24. The third-order valence-corrected chi connectivity index (χ3v) is 3.81. The Labute approximate surface area is 116 Å². The van der Waals surface area contributed by atoms with Crippen LogP contribution in [0.25, 0.3) is 0 Å². The molecule has 1 aromatic carbocycles. The molecule has 1 aromatic rings. The molecule has 1 aliphatic heterocycles. The topological polar surface area (TPSA) is 29.5 Å². The first-order valence-electron chi connectivity index (χ1n) is 6.34. The van der Waals surface area contributed by atoms with E-state index in [9.17, 15) is 4.79 Å². The molecule has 3 nitrogen and oxygen atoms in total. The standard InChI is InChI=1S/C14H18BrNO2/c1-11(10-16-8-4-5-9-16)18-14(17)12-6-2-3-7-13(12)15/h2-3,6-7,11H,4-5,8-10H2,1H3/t11-/m0/s1. The van der Waals surface area contributed by atoms with Gasteiger partial charge in [0, 0.05) is 11.0 Å². The van der Waals surface area contributed by atoms with Crippen LogP contribution in [0, 0.1) is 0 Å². The third kappa shape index (κ3) is 3.56. The van der Waals surface area contributed by atoms with Crippen LogP contribution < -0.4 is 0 Å². The van der Waals surface area contributed by atoms with Crippen molar-refractivity contribution in [1.29, 1.82) is 0 Å². The molecule has 1 saturated heterocycles. The summed E-state index contributed by atoms with van der Waals surface area (Å²) < 4.78 is 6.25. The van der Waals surface area contributed by atoms with Gasteiger partial charge in [-0.2, -0.15) is 0 Å².